The van der Waals surface area contributed by atoms with Crippen LogP contribution in [0.5, 0.6) is 5.75 Å². The van der Waals surface area contributed by atoms with E-state index in [2.05, 4.69) is 0 Å². The first-order valence-electron chi connectivity index (χ1n) is 4.01. The van der Waals surface area contributed by atoms with Crippen molar-refractivity contribution in [3.8, 4) is 5.75 Å². The van der Waals surface area contributed by atoms with Crippen molar-refractivity contribution in [2.24, 2.45) is 0 Å². The topological polar surface area (TPSA) is 40.5 Å². The molecule has 2 nitrogen and oxygen atoms in total. The molecule has 2 N–H and O–H groups in total. The third-order valence-corrected chi connectivity index (χ3v) is 2.18. The molecule has 0 amide bonds. The number of phenolic OH excluding ortho intramolecular Hbond substituents is 1. The van der Waals surface area contributed by atoms with Gasteiger partial charge in [-0.2, -0.15) is 0 Å². The van der Waals surface area contributed by atoms with Crippen LogP contribution in [0.25, 0.3) is 0 Å². The van der Waals surface area contributed by atoms with Gasteiger partial charge in [-0.3, -0.25) is 0 Å². The Morgan fingerprint density at radius 2 is 1.83 bits per heavy atom. The standard InChI is InChI=1S/C10H14O2/c1-6-4-5-9(12)10(7(6)2)8(3)11/h4-5,8,11-12H,1-3H3. The van der Waals surface area contributed by atoms with Crippen LogP contribution in [-0.4, -0.2) is 10.2 Å². The quantitative estimate of drug-likeness (QED) is 0.670. The van der Waals surface area contributed by atoms with Crippen LogP contribution in [0.4, 0.5) is 0 Å². The summed E-state index contributed by atoms with van der Waals surface area (Å²) in [6, 6.07) is 3.46. The van der Waals surface area contributed by atoms with E-state index in [1.165, 1.54) is 0 Å². The Morgan fingerprint density at radius 3 is 2.25 bits per heavy atom. The summed E-state index contributed by atoms with van der Waals surface area (Å²) in [4.78, 5) is 0. The maximum Gasteiger partial charge on any atom is 0.121 e. The molecule has 0 aliphatic heterocycles. The third kappa shape index (κ3) is 1.43. The van der Waals surface area contributed by atoms with E-state index in [-0.39, 0.29) is 5.75 Å². The highest BCUT2D eigenvalue weighted by atomic mass is 16.3. The van der Waals surface area contributed by atoms with Crippen LogP contribution in [0.1, 0.15) is 29.7 Å². The molecule has 0 saturated carbocycles. The second kappa shape index (κ2) is 3.15. The molecule has 66 valence electrons. The Balaban J connectivity index is 3.33. The van der Waals surface area contributed by atoms with Gasteiger partial charge in [0, 0.05) is 5.56 Å². The normalized spacial score (nSPS) is 13.0. The molecule has 0 aromatic heterocycles. The van der Waals surface area contributed by atoms with Gasteiger partial charge in [-0.05, 0) is 38.0 Å². The van der Waals surface area contributed by atoms with Crippen molar-refractivity contribution in [3.63, 3.8) is 0 Å². The number of phenols is 1. The van der Waals surface area contributed by atoms with Crippen LogP contribution in [-0.2, 0) is 0 Å². The van der Waals surface area contributed by atoms with Gasteiger partial charge in [0.25, 0.3) is 0 Å². The summed E-state index contributed by atoms with van der Waals surface area (Å²) < 4.78 is 0. The molecule has 0 heterocycles. The number of aliphatic hydroxyl groups excluding tert-OH is 1. The summed E-state index contributed by atoms with van der Waals surface area (Å²) in [7, 11) is 0. The van der Waals surface area contributed by atoms with Crippen LogP contribution in [0, 0.1) is 13.8 Å². The number of aliphatic hydroxyl groups is 1. The van der Waals surface area contributed by atoms with Crippen molar-refractivity contribution >= 4 is 0 Å². The lowest BCUT2D eigenvalue weighted by atomic mass is 9.99. The lowest BCUT2D eigenvalue weighted by Gasteiger charge is -2.12. The molecule has 1 aromatic rings. The minimum absolute atomic E-state index is 0.174. The van der Waals surface area contributed by atoms with Gasteiger partial charge in [-0.15, -0.1) is 0 Å². The smallest absolute Gasteiger partial charge is 0.121 e. The van der Waals surface area contributed by atoms with Crippen LogP contribution < -0.4 is 0 Å². The highest BCUT2D eigenvalue weighted by Crippen LogP contribution is 2.28. The maximum atomic E-state index is 9.43. The summed E-state index contributed by atoms with van der Waals surface area (Å²) in [5, 5.41) is 18.8. The number of hydrogen-bond acceptors (Lipinski definition) is 2. The van der Waals surface area contributed by atoms with E-state index in [9.17, 15) is 10.2 Å². The lowest BCUT2D eigenvalue weighted by Crippen LogP contribution is -1.97. The number of aryl methyl sites for hydroxylation is 1. The summed E-state index contributed by atoms with van der Waals surface area (Å²) in [6.07, 6.45) is -0.607. The largest absolute Gasteiger partial charge is 0.508 e. The molecular weight excluding hydrogens is 152 g/mol. The fraction of sp³-hybridized carbons (Fsp3) is 0.400. The fourth-order valence-corrected chi connectivity index (χ4v) is 1.35. The van der Waals surface area contributed by atoms with Crippen molar-refractivity contribution in [2.45, 2.75) is 26.9 Å². The van der Waals surface area contributed by atoms with E-state index < -0.39 is 6.10 Å². The van der Waals surface area contributed by atoms with E-state index >= 15 is 0 Å². The fourth-order valence-electron chi connectivity index (χ4n) is 1.35. The van der Waals surface area contributed by atoms with Crippen LogP contribution in [0.3, 0.4) is 0 Å². The number of rotatable bonds is 1. The van der Waals surface area contributed by atoms with E-state index in [0.717, 1.165) is 11.1 Å². The molecule has 0 radical (unpaired) electrons. The predicted molar refractivity (Wildman–Crippen MR) is 48.2 cm³/mol. The van der Waals surface area contributed by atoms with Gasteiger partial charge in [-0.25, -0.2) is 0 Å². The summed E-state index contributed by atoms with van der Waals surface area (Å²) in [5.74, 6) is 0.174. The Morgan fingerprint density at radius 1 is 1.25 bits per heavy atom. The van der Waals surface area contributed by atoms with Crippen molar-refractivity contribution in [3.05, 3.63) is 28.8 Å². The summed E-state index contributed by atoms with van der Waals surface area (Å²) in [6.45, 7) is 5.51. The molecule has 0 bridgehead atoms. The van der Waals surface area contributed by atoms with Gasteiger partial charge in [-0.1, -0.05) is 6.07 Å². The molecule has 0 aliphatic carbocycles. The minimum Gasteiger partial charge on any atom is -0.508 e. The molecule has 0 fully saturated rings. The van der Waals surface area contributed by atoms with Crippen molar-refractivity contribution in [1.82, 2.24) is 0 Å². The zero-order chi connectivity index (χ0) is 9.30. The predicted octanol–water partition coefficient (Wildman–Crippen LogP) is 2.06. The zero-order valence-electron chi connectivity index (χ0n) is 7.63. The highest BCUT2D eigenvalue weighted by molar-refractivity contribution is 5.44. The maximum absolute atomic E-state index is 9.43. The monoisotopic (exact) mass is 166 g/mol. The lowest BCUT2D eigenvalue weighted by molar-refractivity contribution is 0.194. The average Bonchev–Trinajstić information content (AvgIpc) is 1.97. The van der Waals surface area contributed by atoms with Crippen LogP contribution in [0.15, 0.2) is 12.1 Å². The molecule has 12 heavy (non-hydrogen) atoms. The van der Waals surface area contributed by atoms with Gasteiger partial charge in [0.05, 0.1) is 6.10 Å². The SMILES string of the molecule is Cc1ccc(O)c(C(C)O)c1C. The molecule has 1 atom stereocenters. The average molecular weight is 166 g/mol. The Hall–Kier alpha value is -1.02. The van der Waals surface area contributed by atoms with E-state index in [4.69, 9.17) is 0 Å². The van der Waals surface area contributed by atoms with Crippen molar-refractivity contribution in [2.75, 3.05) is 0 Å². The molecule has 0 saturated heterocycles. The molecular formula is C10H14O2. The van der Waals surface area contributed by atoms with Gasteiger partial charge >= 0.3 is 0 Å². The van der Waals surface area contributed by atoms with Gasteiger partial charge in [0.1, 0.15) is 5.75 Å². The summed E-state index contributed by atoms with van der Waals surface area (Å²) in [5.41, 5.74) is 2.68. The first-order valence-corrected chi connectivity index (χ1v) is 4.01. The number of hydrogen-bond donors (Lipinski definition) is 2. The van der Waals surface area contributed by atoms with Crippen LogP contribution >= 0.6 is 0 Å². The zero-order valence-corrected chi connectivity index (χ0v) is 7.63. The second-order valence-corrected chi connectivity index (χ2v) is 3.12. The van der Waals surface area contributed by atoms with E-state index in [1.807, 2.05) is 19.9 Å². The molecule has 1 aromatic carbocycles. The highest BCUT2D eigenvalue weighted by Gasteiger charge is 2.11. The Kier molecular flexibility index (Phi) is 2.38. The molecule has 1 unspecified atom stereocenters. The first kappa shape index (κ1) is 9.07. The summed E-state index contributed by atoms with van der Waals surface area (Å²) >= 11 is 0. The van der Waals surface area contributed by atoms with Crippen molar-refractivity contribution in [1.29, 1.82) is 0 Å². The molecule has 2 heteroatoms. The Labute approximate surface area is 72.5 Å². The van der Waals surface area contributed by atoms with E-state index in [1.54, 1.807) is 13.0 Å². The van der Waals surface area contributed by atoms with Gasteiger partial charge < -0.3 is 10.2 Å². The molecule has 1 rings (SSSR count). The van der Waals surface area contributed by atoms with Crippen LogP contribution in [0.2, 0.25) is 0 Å². The molecule has 0 aliphatic rings. The minimum atomic E-state index is -0.607. The van der Waals surface area contributed by atoms with E-state index in [0.29, 0.717) is 5.56 Å². The third-order valence-electron chi connectivity index (χ3n) is 2.18. The van der Waals surface area contributed by atoms with Gasteiger partial charge in [0.15, 0.2) is 0 Å². The second-order valence-electron chi connectivity index (χ2n) is 3.12. The Bertz CT molecular complexity index is 290. The van der Waals surface area contributed by atoms with Crippen molar-refractivity contribution < 1.29 is 10.2 Å². The molecule has 0 spiro atoms. The number of aromatic hydroxyl groups is 1. The van der Waals surface area contributed by atoms with Gasteiger partial charge in [0.2, 0.25) is 0 Å². The number of benzene rings is 1. The first-order chi connectivity index (χ1) is 5.54.